The average Bonchev–Trinajstić information content (AvgIpc) is 3.30. The summed E-state index contributed by atoms with van der Waals surface area (Å²) >= 11 is 1.58. The molecular weight excluding hydrogens is 328 g/mol. The second-order valence-electron chi connectivity index (χ2n) is 5.58. The molecule has 0 aliphatic carbocycles. The highest BCUT2D eigenvalue weighted by atomic mass is 32.1. The van der Waals surface area contributed by atoms with E-state index in [0.717, 1.165) is 30.8 Å². The number of hydrogen-bond donors (Lipinski definition) is 2. The van der Waals surface area contributed by atoms with E-state index >= 15 is 0 Å². The van der Waals surface area contributed by atoms with Crippen molar-refractivity contribution < 1.29 is 14.0 Å². The van der Waals surface area contributed by atoms with Gasteiger partial charge in [-0.2, -0.15) is 0 Å². The fraction of sp³-hybridized carbons (Fsp3) is 0.438. The van der Waals surface area contributed by atoms with Crippen LogP contribution < -0.4 is 10.6 Å². The van der Waals surface area contributed by atoms with Crippen molar-refractivity contribution in [2.24, 2.45) is 0 Å². The van der Waals surface area contributed by atoms with Gasteiger partial charge in [0.2, 0.25) is 0 Å². The molecule has 3 amide bonds. The van der Waals surface area contributed by atoms with Gasteiger partial charge in [0.05, 0.1) is 12.6 Å². The van der Waals surface area contributed by atoms with Crippen LogP contribution in [0.25, 0.3) is 0 Å². The maximum atomic E-state index is 12.5. The monoisotopic (exact) mass is 348 g/mol. The highest BCUT2D eigenvalue weighted by Crippen LogP contribution is 2.31. The van der Waals surface area contributed by atoms with Crippen LogP contribution in [0.15, 0.2) is 28.1 Å². The topological polar surface area (TPSA) is 87.5 Å². The predicted octanol–water partition coefficient (Wildman–Crippen LogP) is 2.53. The Labute approximate surface area is 144 Å². The Morgan fingerprint density at radius 3 is 3.04 bits per heavy atom. The zero-order valence-corrected chi connectivity index (χ0v) is 14.3. The quantitative estimate of drug-likeness (QED) is 0.889. The molecule has 2 aromatic heterocycles. The van der Waals surface area contributed by atoms with E-state index in [1.165, 1.54) is 0 Å². The smallest absolute Gasteiger partial charge is 0.318 e. The molecule has 3 heterocycles. The molecule has 0 aromatic carbocycles. The van der Waals surface area contributed by atoms with Crippen LogP contribution in [-0.2, 0) is 6.54 Å². The maximum absolute atomic E-state index is 12.5. The summed E-state index contributed by atoms with van der Waals surface area (Å²) < 4.78 is 5.42. The van der Waals surface area contributed by atoms with Crippen molar-refractivity contribution in [1.29, 1.82) is 0 Å². The third kappa shape index (κ3) is 3.59. The number of hydrogen-bond acceptors (Lipinski definition) is 5. The molecule has 1 atom stereocenters. The van der Waals surface area contributed by atoms with Crippen molar-refractivity contribution in [2.45, 2.75) is 31.8 Å². The average molecular weight is 348 g/mol. The molecule has 7 nitrogen and oxygen atoms in total. The zero-order chi connectivity index (χ0) is 16.9. The Kier molecular flexibility index (Phi) is 5.14. The van der Waals surface area contributed by atoms with Crippen LogP contribution in [0.2, 0.25) is 0 Å². The number of urea groups is 1. The van der Waals surface area contributed by atoms with E-state index in [2.05, 4.69) is 15.6 Å². The van der Waals surface area contributed by atoms with Gasteiger partial charge >= 0.3 is 6.03 Å². The lowest BCUT2D eigenvalue weighted by Gasteiger charge is -2.34. The number of amides is 3. The van der Waals surface area contributed by atoms with E-state index in [4.69, 9.17) is 4.42 Å². The SMILES string of the molecule is CNC(=O)c1ccc(CNC(=O)N2CCCCC2c2nccs2)o1. The van der Waals surface area contributed by atoms with Gasteiger partial charge in [0, 0.05) is 25.2 Å². The van der Waals surface area contributed by atoms with E-state index in [1.807, 2.05) is 10.3 Å². The number of aromatic nitrogens is 1. The van der Waals surface area contributed by atoms with Crippen molar-refractivity contribution in [3.05, 3.63) is 40.2 Å². The molecule has 128 valence electrons. The lowest BCUT2D eigenvalue weighted by molar-refractivity contribution is 0.0933. The molecule has 1 unspecified atom stereocenters. The molecule has 3 rings (SSSR count). The molecule has 1 aliphatic heterocycles. The molecule has 1 fully saturated rings. The first-order valence-corrected chi connectivity index (χ1v) is 8.81. The number of carbonyl (C=O) groups excluding carboxylic acids is 2. The first-order valence-electron chi connectivity index (χ1n) is 7.93. The largest absolute Gasteiger partial charge is 0.454 e. The van der Waals surface area contributed by atoms with Crippen molar-refractivity contribution in [3.8, 4) is 0 Å². The number of likely N-dealkylation sites (tertiary alicyclic amines) is 1. The molecule has 0 spiro atoms. The second kappa shape index (κ2) is 7.48. The van der Waals surface area contributed by atoms with Crippen molar-refractivity contribution >= 4 is 23.3 Å². The van der Waals surface area contributed by atoms with Gasteiger partial charge in [-0.3, -0.25) is 4.79 Å². The molecule has 1 saturated heterocycles. The number of carbonyl (C=O) groups is 2. The fourth-order valence-electron chi connectivity index (χ4n) is 2.81. The van der Waals surface area contributed by atoms with Gasteiger partial charge in [0.1, 0.15) is 10.8 Å². The van der Waals surface area contributed by atoms with Crippen LogP contribution in [0.5, 0.6) is 0 Å². The summed E-state index contributed by atoms with van der Waals surface area (Å²) in [5.41, 5.74) is 0. The summed E-state index contributed by atoms with van der Waals surface area (Å²) in [7, 11) is 1.54. The van der Waals surface area contributed by atoms with Crippen LogP contribution >= 0.6 is 11.3 Å². The van der Waals surface area contributed by atoms with E-state index < -0.39 is 0 Å². The number of nitrogens with zero attached hydrogens (tertiary/aromatic N) is 2. The van der Waals surface area contributed by atoms with Crippen LogP contribution in [0, 0.1) is 0 Å². The number of thiazole rings is 1. The first-order chi connectivity index (χ1) is 11.7. The van der Waals surface area contributed by atoms with Gasteiger partial charge < -0.3 is 20.0 Å². The number of rotatable bonds is 4. The molecule has 24 heavy (non-hydrogen) atoms. The van der Waals surface area contributed by atoms with Crippen LogP contribution in [0.3, 0.4) is 0 Å². The molecule has 0 saturated carbocycles. The van der Waals surface area contributed by atoms with Gasteiger partial charge in [-0.25, -0.2) is 9.78 Å². The molecule has 1 aliphatic rings. The second-order valence-corrected chi connectivity index (χ2v) is 6.51. The Balaban J connectivity index is 1.61. The van der Waals surface area contributed by atoms with Crippen LogP contribution in [0.1, 0.15) is 46.6 Å². The fourth-order valence-corrected chi connectivity index (χ4v) is 3.60. The van der Waals surface area contributed by atoms with Gasteiger partial charge in [-0.05, 0) is 31.4 Å². The third-order valence-corrected chi connectivity index (χ3v) is 4.90. The van der Waals surface area contributed by atoms with Gasteiger partial charge in [0.15, 0.2) is 5.76 Å². The minimum atomic E-state index is -0.285. The first kappa shape index (κ1) is 16.5. The Morgan fingerprint density at radius 1 is 1.42 bits per heavy atom. The lowest BCUT2D eigenvalue weighted by atomic mass is 10.0. The van der Waals surface area contributed by atoms with E-state index in [1.54, 1.807) is 36.7 Å². The van der Waals surface area contributed by atoms with Crippen molar-refractivity contribution in [2.75, 3.05) is 13.6 Å². The summed E-state index contributed by atoms with van der Waals surface area (Å²) in [4.78, 5) is 30.2. The predicted molar refractivity (Wildman–Crippen MR) is 89.7 cm³/mol. The molecule has 0 bridgehead atoms. The summed E-state index contributed by atoms with van der Waals surface area (Å²) in [6.07, 6.45) is 4.80. The Hall–Kier alpha value is -2.35. The third-order valence-electron chi connectivity index (χ3n) is 4.03. The number of furan rings is 1. The number of piperidine rings is 1. The van der Waals surface area contributed by atoms with Gasteiger partial charge in [-0.15, -0.1) is 11.3 Å². The molecule has 2 aromatic rings. The van der Waals surface area contributed by atoms with E-state index in [0.29, 0.717) is 5.76 Å². The van der Waals surface area contributed by atoms with Crippen LogP contribution in [-0.4, -0.2) is 35.4 Å². The highest BCUT2D eigenvalue weighted by molar-refractivity contribution is 7.09. The molecule has 0 radical (unpaired) electrons. The molecular formula is C16H20N4O3S. The highest BCUT2D eigenvalue weighted by Gasteiger charge is 2.29. The summed E-state index contributed by atoms with van der Waals surface area (Å²) in [6, 6.07) is 3.20. The Morgan fingerprint density at radius 2 is 2.29 bits per heavy atom. The van der Waals surface area contributed by atoms with E-state index in [-0.39, 0.29) is 30.3 Å². The van der Waals surface area contributed by atoms with Crippen LogP contribution in [0.4, 0.5) is 4.79 Å². The minimum absolute atomic E-state index is 0.0387. The molecule has 2 N–H and O–H groups in total. The van der Waals surface area contributed by atoms with E-state index in [9.17, 15) is 9.59 Å². The summed E-state index contributed by atoms with van der Waals surface area (Å²) in [5.74, 6) is 0.498. The maximum Gasteiger partial charge on any atom is 0.318 e. The van der Waals surface area contributed by atoms with Gasteiger partial charge in [-0.1, -0.05) is 0 Å². The summed E-state index contributed by atoms with van der Waals surface area (Å²) in [5, 5.41) is 8.28. The van der Waals surface area contributed by atoms with Gasteiger partial charge in [0.25, 0.3) is 5.91 Å². The van der Waals surface area contributed by atoms with Crippen molar-refractivity contribution in [1.82, 2.24) is 20.5 Å². The standard InChI is InChI=1S/C16H20N4O3S/c1-17-14(21)13-6-5-11(23-13)10-19-16(22)20-8-3-2-4-12(20)15-18-7-9-24-15/h5-7,9,12H,2-4,8,10H2,1H3,(H,17,21)(H,19,22). The minimum Gasteiger partial charge on any atom is -0.454 e. The lowest BCUT2D eigenvalue weighted by Crippen LogP contribution is -2.44. The number of nitrogens with one attached hydrogen (secondary N) is 2. The summed E-state index contributed by atoms with van der Waals surface area (Å²) in [6.45, 7) is 0.967. The zero-order valence-electron chi connectivity index (χ0n) is 13.4. The van der Waals surface area contributed by atoms with Crippen molar-refractivity contribution in [3.63, 3.8) is 0 Å². The molecule has 8 heteroatoms. The normalized spacial score (nSPS) is 17.5. The Bertz CT molecular complexity index is 698.